The zero-order valence-corrected chi connectivity index (χ0v) is 18.3. The van der Waals surface area contributed by atoms with Gasteiger partial charge < -0.3 is 14.9 Å². The fraction of sp³-hybridized carbons (Fsp3) is 0.348. The van der Waals surface area contributed by atoms with E-state index in [1.807, 2.05) is 59.5 Å². The molecule has 1 aliphatic heterocycles. The molecule has 0 bridgehead atoms. The summed E-state index contributed by atoms with van der Waals surface area (Å²) in [6, 6.07) is 17.8. The first-order chi connectivity index (χ1) is 14.0. The summed E-state index contributed by atoms with van der Waals surface area (Å²) in [7, 11) is 0. The van der Waals surface area contributed by atoms with Crippen molar-refractivity contribution in [2.75, 3.05) is 19.7 Å². The van der Waals surface area contributed by atoms with Crippen molar-refractivity contribution in [3.05, 3.63) is 69.9 Å². The number of halogens is 1. The number of fused-ring (bicyclic) bond motifs is 1. The topological polar surface area (TPSA) is 65.8 Å². The number of benzene rings is 2. The van der Waals surface area contributed by atoms with Gasteiger partial charge in [-0.2, -0.15) is 0 Å². The molecule has 2 N–H and O–H groups in total. The molecule has 0 radical (unpaired) electrons. The summed E-state index contributed by atoms with van der Waals surface area (Å²) in [5, 5.41) is 22.7. The van der Waals surface area contributed by atoms with Crippen molar-refractivity contribution in [2.45, 2.75) is 31.1 Å². The van der Waals surface area contributed by atoms with Crippen LogP contribution in [-0.2, 0) is 5.60 Å². The highest BCUT2D eigenvalue weighted by atomic mass is 127. The van der Waals surface area contributed by atoms with Gasteiger partial charge in [-0.3, -0.25) is 9.88 Å². The minimum atomic E-state index is -0.898. The van der Waals surface area contributed by atoms with E-state index in [9.17, 15) is 10.2 Å². The Morgan fingerprint density at radius 3 is 2.59 bits per heavy atom. The standard InChI is InChI=1S/C23H25IN2O3/c24-19-5-7-20(8-6-19)29-14-9-22(27)26-12-10-23(28,11-13-26)18-15-17-3-1-2-4-21(17)25-16-18/h1-8,15-16,22,27-28H,9-14H2/t22-/m0/s1. The molecule has 1 fully saturated rings. The van der Waals surface area contributed by atoms with E-state index in [0.29, 0.717) is 39.0 Å². The minimum Gasteiger partial charge on any atom is -0.493 e. The number of ether oxygens (including phenoxy) is 1. The summed E-state index contributed by atoms with van der Waals surface area (Å²) in [4.78, 5) is 6.50. The Hall–Kier alpha value is -1.74. The monoisotopic (exact) mass is 504 g/mol. The molecule has 2 aromatic carbocycles. The molecule has 5 nitrogen and oxygen atoms in total. The second-order valence-electron chi connectivity index (χ2n) is 7.56. The number of rotatable bonds is 6. The third-order valence-electron chi connectivity index (χ3n) is 5.63. The van der Waals surface area contributed by atoms with E-state index in [0.717, 1.165) is 25.8 Å². The Morgan fingerprint density at radius 1 is 1.10 bits per heavy atom. The van der Waals surface area contributed by atoms with E-state index in [2.05, 4.69) is 27.6 Å². The number of pyridine rings is 1. The van der Waals surface area contributed by atoms with Crippen LogP contribution in [0.2, 0.25) is 0 Å². The smallest absolute Gasteiger partial charge is 0.119 e. The van der Waals surface area contributed by atoms with Gasteiger partial charge in [-0.25, -0.2) is 0 Å². The molecule has 0 saturated carbocycles. The predicted octanol–water partition coefficient (Wildman–Crippen LogP) is 3.91. The zero-order chi connectivity index (χ0) is 20.3. The number of piperidine rings is 1. The normalized spacial score (nSPS) is 17.9. The zero-order valence-electron chi connectivity index (χ0n) is 16.2. The van der Waals surface area contributed by atoms with Crippen LogP contribution in [0.1, 0.15) is 24.8 Å². The summed E-state index contributed by atoms with van der Waals surface area (Å²) in [6.45, 7) is 1.72. The Morgan fingerprint density at radius 2 is 1.83 bits per heavy atom. The van der Waals surface area contributed by atoms with E-state index >= 15 is 0 Å². The van der Waals surface area contributed by atoms with Gasteiger partial charge in [0.1, 0.15) is 12.0 Å². The highest BCUT2D eigenvalue weighted by Gasteiger charge is 2.36. The molecule has 0 unspecified atom stereocenters. The van der Waals surface area contributed by atoms with Crippen molar-refractivity contribution < 1.29 is 14.9 Å². The Kier molecular flexibility index (Phi) is 6.34. The number of para-hydroxylation sites is 1. The van der Waals surface area contributed by atoms with Crippen LogP contribution >= 0.6 is 22.6 Å². The number of nitrogens with zero attached hydrogens (tertiary/aromatic N) is 2. The number of likely N-dealkylation sites (tertiary alicyclic amines) is 1. The lowest BCUT2D eigenvalue weighted by molar-refractivity contribution is -0.0819. The van der Waals surface area contributed by atoms with E-state index in [1.54, 1.807) is 6.20 Å². The molecule has 2 heterocycles. The van der Waals surface area contributed by atoms with Gasteiger partial charge in [0.05, 0.1) is 17.7 Å². The molecule has 0 aliphatic carbocycles. The minimum absolute atomic E-state index is 0.455. The molecule has 1 atom stereocenters. The molecule has 29 heavy (non-hydrogen) atoms. The maximum Gasteiger partial charge on any atom is 0.119 e. The third kappa shape index (κ3) is 4.88. The molecule has 4 rings (SSSR count). The molecule has 152 valence electrons. The third-order valence-corrected chi connectivity index (χ3v) is 6.35. The lowest BCUT2D eigenvalue weighted by atomic mass is 9.84. The fourth-order valence-corrected chi connectivity index (χ4v) is 4.16. The van der Waals surface area contributed by atoms with Crippen molar-refractivity contribution in [2.24, 2.45) is 0 Å². The average molecular weight is 504 g/mol. The highest BCUT2D eigenvalue weighted by molar-refractivity contribution is 14.1. The van der Waals surface area contributed by atoms with Crippen molar-refractivity contribution in [3.8, 4) is 5.75 Å². The predicted molar refractivity (Wildman–Crippen MR) is 122 cm³/mol. The van der Waals surface area contributed by atoms with Crippen molar-refractivity contribution in [3.63, 3.8) is 0 Å². The van der Waals surface area contributed by atoms with E-state index in [-0.39, 0.29) is 0 Å². The van der Waals surface area contributed by atoms with Gasteiger partial charge in [-0.1, -0.05) is 18.2 Å². The van der Waals surface area contributed by atoms with Gasteiger partial charge in [0.25, 0.3) is 0 Å². The van der Waals surface area contributed by atoms with Crippen LogP contribution in [0.5, 0.6) is 5.75 Å². The number of aliphatic hydroxyl groups is 2. The molecule has 1 saturated heterocycles. The number of aromatic nitrogens is 1. The van der Waals surface area contributed by atoms with Crippen LogP contribution in [0.15, 0.2) is 60.8 Å². The van der Waals surface area contributed by atoms with Crippen LogP contribution in [0.4, 0.5) is 0 Å². The van der Waals surface area contributed by atoms with Crippen LogP contribution in [0.25, 0.3) is 10.9 Å². The molecule has 1 aromatic heterocycles. The quantitative estimate of drug-likeness (QED) is 0.499. The molecule has 6 heteroatoms. The summed E-state index contributed by atoms with van der Waals surface area (Å²) in [6.07, 6.45) is 2.88. The maximum absolute atomic E-state index is 11.2. The summed E-state index contributed by atoms with van der Waals surface area (Å²) in [5.41, 5.74) is 0.888. The molecule has 0 amide bonds. The van der Waals surface area contributed by atoms with Crippen molar-refractivity contribution >= 4 is 33.5 Å². The number of hydrogen-bond donors (Lipinski definition) is 2. The first kappa shape index (κ1) is 20.5. The Balaban J connectivity index is 1.31. The van der Waals surface area contributed by atoms with Gasteiger partial charge in [0.15, 0.2) is 0 Å². The molecule has 1 aliphatic rings. The lowest BCUT2D eigenvalue weighted by Crippen LogP contribution is -2.47. The van der Waals surface area contributed by atoms with Gasteiger partial charge in [-0.05, 0) is 71.8 Å². The first-order valence-electron chi connectivity index (χ1n) is 9.92. The first-order valence-corrected chi connectivity index (χ1v) is 11.0. The Bertz CT molecular complexity index is 956. The molecule has 3 aromatic rings. The maximum atomic E-state index is 11.2. The van der Waals surface area contributed by atoms with E-state index < -0.39 is 11.8 Å². The summed E-state index contributed by atoms with van der Waals surface area (Å²) >= 11 is 2.26. The fourth-order valence-electron chi connectivity index (χ4n) is 3.80. The van der Waals surface area contributed by atoms with Crippen molar-refractivity contribution in [1.82, 2.24) is 9.88 Å². The van der Waals surface area contributed by atoms with Gasteiger partial charge in [-0.15, -0.1) is 0 Å². The van der Waals surface area contributed by atoms with Crippen LogP contribution in [-0.4, -0.2) is 46.0 Å². The molecular formula is C23H25IN2O3. The van der Waals surface area contributed by atoms with Crippen LogP contribution < -0.4 is 4.74 Å². The lowest BCUT2D eigenvalue weighted by Gasteiger charge is -2.40. The van der Waals surface area contributed by atoms with Crippen molar-refractivity contribution in [1.29, 1.82) is 0 Å². The SMILES string of the molecule is O[C@@H](CCOc1ccc(I)cc1)N1CCC(O)(c2cnc3ccccc3c2)CC1. The van der Waals surface area contributed by atoms with Crippen LogP contribution in [0, 0.1) is 3.57 Å². The van der Waals surface area contributed by atoms with Gasteiger partial charge >= 0.3 is 0 Å². The molecule has 0 spiro atoms. The summed E-state index contributed by atoms with van der Waals surface area (Å²) < 4.78 is 6.89. The van der Waals surface area contributed by atoms with Gasteiger partial charge in [0.2, 0.25) is 0 Å². The number of aliphatic hydroxyl groups excluding tert-OH is 1. The highest BCUT2D eigenvalue weighted by Crippen LogP contribution is 2.34. The molecular weight excluding hydrogens is 479 g/mol. The average Bonchev–Trinajstić information content (AvgIpc) is 2.75. The van der Waals surface area contributed by atoms with E-state index in [4.69, 9.17) is 4.74 Å². The Labute approximate surface area is 184 Å². The summed E-state index contributed by atoms with van der Waals surface area (Å²) in [5.74, 6) is 0.814. The van der Waals surface area contributed by atoms with E-state index in [1.165, 1.54) is 0 Å². The largest absolute Gasteiger partial charge is 0.493 e. The second kappa shape index (κ2) is 8.95. The second-order valence-corrected chi connectivity index (χ2v) is 8.80. The van der Waals surface area contributed by atoms with Crippen LogP contribution in [0.3, 0.4) is 0 Å². The number of hydrogen-bond acceptors (Lipinski definition) is 5. The van der Waals surface area contributed by atoms with Gasteiger partial charge in [0, 0.05) is 40.2 Å².